The monoisotopic (exact) mass is 179 g/mol. The minimum atomic E-state index is -0.146. The Morgan fingerprint density at radius 1 is 1.54 bits per heavy atom. The quantitative estimate of drug-likeness (QED) is 0.740. The number of hydrogen-bond acceptors (Lipinski definition) is 1. The van der Waals surface area contributed by atoms with Crippen LogP contribution in [0.5, 0.6) is 0 Å². The molecule has 70 valence electrons. The average molecular weight is 179 g/mol. The summed E-state index contributed by atoms with van der Waals surface area (Å²) in [5.41, 5.74) is 6.87. The van der Waals surface area contributed by atoms with Gasteiger partial charge in [0.15, 0.2) is 0 Å². The topological polar surface area (TPSA) is 26.0 Å². The maximum absolute atomic E-state index is 12.9. The van der Waals surface area contributed by atoms with Crippen LogP contribution < -0.4 is 5.73 Å². The van der Waals surface area contributed by atoms with Crippen molar-refractivity contribution in [2.45, 2.75) is 25.3 Å². The van der Waals surface area contributed by atoms with Crippen molar-refractivity contribution in [2.24, 2.45) is 11.7 Å². The first kappa shape index (κ1) is 8.70. The van der Waals surface area contributed by atoms with Crippen LogP contribution in [0.2, 0.25) is 0 Å². The highest BCUT2D eigenvalue weighted by Gasteiger charge is 2.40. The van der Waals surface area contributed by atoms with Gasteiger partial charge in [0.1, 0.15) is 5.82 Å². The molecule has 1 saturated carbocycles. The van der Waals surface area contributed by atoms with E-state index in [1.807, 2.05) is 13.0 Å². The molecule has 2 heteroatoms. The van der Waals surface area contributed by atoms with E-state index in [1.165, 1.54) is 6.07 Å². The molecule has 1 aromatic rings. The Hall–Kier alpha value is -0.890. The van der Waals surface area contributed by atoms with E-state index >= 15 is 0 Å². The van der Waals surface area contributed by atoms with E-state index in [0.717, 1.165) is 12.0 Å². The van der Waals surface area contributed by atoms with Crippen molar-refractivity contribution in [2.75, 3.05) is 0 Å². The highest BCUT2D eigenvalue weighted by atomic mass is 19.1. The van der Waals surface area contributed by atoms with Crippen LogP contribution in [-0.4, -0.2) is 6.04 Å². The first-order valence-electron chi connectivity index (χ1n) is 4.69. The van der Waals surface area contributed by atoms with Gasteiger partial charge in [-0.05, 0) is 42.9 Å². The summed E-state index contributed by atoms with van der Waals surface area (Å²) >= 11 is 0. The molecule has 1 aliphatic carbocycles. The predicted molar refractivity (Wildman–Crippen MR) is 50.9 cm³/mol. The minimum absolute atomic E-state index is 0.146. The van der Waals surface area contributed by atoms with Gasteiger partial charge in [0.05, 0.1) is 0 Å². The highest BCUT2D eigenvalue weighted by molar-refractivity contribution is 5.27. The maximum atomic E-state index is 12.9. The average Bonchev–Trinajstić information content (AvgIpc) is 2.82. The summed E-state index contributed by atoms with van der Waals surface area (Å²) in [5, 5.41) is 0. The fourth-order valence-corrected chi connectivity index (χ4v) is 1.92. The van der Waals surface area contributed by atoms with E-state index in [0.29, 0.717) is 11.8 Å². The predicted octanol–water partition coefficient (Wildman–Crippen LogP) is 2.28. The second kappa shape index (κ2) is 3.11. The van der Waals surface area contributed by atoms with E-state index in [2.05, 4.69) is 0 Å². The van der Waals surface area contributed by atoms with Crippen LogP contribution >= 0.6 is 0 Å². The molecule has 0 amide bonds. The smallest absolute Gasteiger partial charge is 0.123 e. The molecular formula is C11H14FN. The van der Waals surface area contributed by atoms with Crippen LogP contribution in [0.3, 0.4) is 0 Å². The molecule has 0 aliphatic heterocycles. The molecule has 0 bridgehead atoms. The molecule has 2 rings (SSSR count). The van der Waals surface area contributed by atoms with Crippen molar-refractivity contribution in [3.63, 3.8) is 0 Å². The van der Waals surface area contributed by atoms with Crippen molar-refractivity contribution in [3.8, 4) is 0 Å². The third-order valence-electron chi connectivity index (χ3n) is 2.79. The zero-order valence-corrected chi connectivity index (χ0v) is 7.70. The zero-order valence-electron chi connectivity index (χ0n) is 7.70. The molecule has 0 spiro atoms. The van der Waals surface area contributed by atoms with Gasteiger partial charge in [-0.25, -0.2) is 4.39 Å². The van der Waals surface area contributed by atoms with Crippen molar-refractivity contribution >= 4 is 0 Å². The van der Waals surface area contributed by atoms with Crippen LogP contribution in [0.25, 0.3) is 0 Å². The number of halogens is 1. The first-order valence-corrected chi connectivity index (χ1v) is 4.69. The molecule has 1 fully saturated rings. The summed E-state index contributed by atoms with van der Waals surface area (Å²) in [6, 6.07) is 7.07. The molecule has 0 saturated heterocycles. The molecule has 2 N–H and O–H groups in total. The zero-order chi connectivity index (χ0) is 9.42. The second-order valence-electron chi connectivity index (χ2n) is 3.92. The summed E-state index contributed by atoms with van der Waals surface area (Å²) in [4.78, 5) is 0. The molecular weight excluding hydrogens is 165 g/mol. The lowest BCUT2D eigenvalue weighted by Crippen LogP contribution is -2.17. The van der Waals surface area contributed by atoms with E-state index in [-0.39, 0.29) is 11.9 Å². The van der Waals surface area contributed by atoms with Gasteiger partial charge in [0.2, 0.25) is 0 Å². The Kier molecular flexibility index (Phi) is 2.08. The SMILES string of the molecule is CC(N)C1CC1c1cccc(F)c1. The van der Waals surface area contributed by atoms with Gasteiger partial charge in [0.25, 0.3) is 0 Å². The molecule has 3 atom stereocenters. The van der Waals surface area contributed by atoms with Gasteiger partial charge >= 0.3 is 0 Å². The number of rotatable bonds is 2. The van der Waals surface area contributed by atoms with E-state index < -0.39 is 0 Å². The van der Waals surface area contributed by atoms with Crippen LogP contribution in [0.4, 0.5) is 4.39 Å². The van der Waals surface area contributed by atoms with Crippen LogP contribution in [0, 0.1) is 11.7 Å². The van der Waals surface area contributed by atoms with Crippen LogP contribution in [-0.2, 0) is 0 Å². The molecule has 1 nitrogen and oxygen atoms in total. The Labute approximate surface area is 77.8 Å². The van der Waals surface area contributed by atoms with E-state index in [9.17, 15) is 4.39 Å². The van der Waals surface area contributed by atoms with Gasteiger partial charge < -0.3 is 5.73 Å². The van der Waals surface area contributed by atoms with Gasteiger partial charge in [-0.15, -0.1) is 0 Å². The summed E-state index contributed by atoms with van der Waals surface area (Å²) in [5.74, 6) is 0.908. The third kappa shape index (κ3) is 1.73. The highest BCUT2D eigenvalue weighted by Crippen LogP contribution is 2.48. The normalized spacial score (nSPS) is 28.5. The van der Waals surface area contributed by atoms with Gasteiger partial charge in [-0.1, -0.05) is 12.1 Å². The Morgan fingerprint density at radius 3 is 2.85 bits per heavy atom. The fraction of sp³-hybridized carbons (Fsp3) is 0.455. The number of hydrogen-bond donors (Lipinski definition) is 1. The summed E-state index contributed by atoms with van der Waals surface area (Å²) in [6.45, 7) is 2.02. The van der Waals surface area contributed by atoms with E-state index in [1.54, 1.807) is 12.1 Å². The standard InChI is InChI=1S/C11H14FN/c1-7(13)10-6-11(10)8-3-2-4-9(12)5-8/h2-5,7,10-11H,6,13H2,1H3. The van der Waals surface area contributed by atoms with Gasteiger partial charge in [-0.3, -0.25) is 0 Å². The Morgan fingerprint density at radius 2 is 2.31 bits per heavy atom. The lowest BCUT2D eigenvalue weighted by Gasteiger charge is -2.03. The van der Waals surface area contributed by atoms with E-state index in [4.69, 9.17) is 5.73 Å². The van der Waals surface area contributed by atoms with Crippen molar-refractivity contribution < 1.29 is 4.39 Å². The van der Waals surface area contributed by atoms with Gasteiger partial charge in [-0.2, -0.15) is 0 Å². The van der Waals surface area contributed by atoms with Crippen molar-refractivity contribution in [1.82, 2.24) is 0 Å². The third-order valence-corrected chi connectivity index (χ3v) is 2.79. The maximum Gasteiger partial charge on any atom is 0.123 e. The fourth-order valence-electron chi connectivity index (χ4n) is 1.92. The molecule has 1 aromatic carbocycles. The minimum Gasteiger partial charge on any atom is -0.328 e. The van der Waals surface area contributed by atoms with Crippen LogP contribution in [0.1, 0.15) is 24.8 Å². The summed E-state index contributed by atoms with van der Waals surface area (Å²) in [6.07, 6.45) is 1.11. The molecule has 0 heterocycles. The Balaban J connectivity index is 2.12. The van der Waals surface area contributed by atoms with Crippen molar-refractivity contribution in [3.05, 3.63) is 35.6 Å². The second-order valence-corrected chi connectivity index (χ2v) is 3.92. The molecule has 0 radical (unpaired) electrons. The molecule has 1 aliphatic rings. The molecule has 3 unspecified atom stereocenters. The lowest BCUT2D eigenvalue weighted by atomic mass is 10.1. The summed E-state index contributed by atoms with van der Waals surface area (Å²) < 4.78 is 12.9. The number of benzene rings is 1. The number of nitrogens with two attached hydrogens (primary N) is 1. The first-order chi connectivity index (χ1) is 6.18. The molecule has 0 aromatic heterocycles. The van der Waals surface area contributed by atoms with Crippen LogP contribution in [0.15, 0.2) is 24.3 Å². The summed E-state index contributed by atoms with van der Waals surface area (Å²) in [7, 11) is 0. The largest absolute Gasteiger partial charge is 0.328 e. The molecule has 13 heavy (non-hydrogen) atoms. The lowest BCUT2D eigenvalue weighted by molar-refractivity contribution is 0.616. The Bertz CT molecular complexity index is 309. The van der Waals surface area contributed by atoms with Crippen molar-refractivity contribution in [1.29, 1.82) is 0 Å². The van der Waals surface area contributed by atoms with Gasteiger partial charge in [0, 0.05) is 6.04 Å².